The summed E-state index contributed by atoms with van der Waals surface area (Å²) in [5, 5.41) is 11.0. The Hall–Kier alpha value is -3.15. The number of rotatable bonds is 5. The molecule has 2 saturated heterocycles. The van der Waals surface area contributed by atoms with Crippen molar-refractivity contribution in [2.45, 2.75) is 44.9 Å². The summed E-state index contributed by atoms with van der Waals surface area (Å²) in [5.41, 5.74) is 1.02. The number of hydrogen-bond acceptors (Lipinski definition) is 7. The predicted molar refractivity (Wildman–Crippen MR) is 111 cm³/mol. The largest absolute Gasteiger partial charge is 0.490 e. The number of carboxylic acid groups (broad SMARTS) is 1. The summed E-state index contributed by atoms with van der Waals surface area (Å²) in [4.78, 5) is 27.6. The molecule has 2 aromatic heterocycles. The number of carbonyl (C=O) groups excluding carboxylic acids is 1. The lowest BCUT2D eigenvalue weighted by atomic mass is 9.79. The number of aryl methyl sites for hydroxylation is 2. The number of aliphatic carboxylic acids is 1. The Bertz CT molecular complexity index is 970. The van der Waals surface area contributed by atoms with E-state index in [0.29, 0.717) is 48.5 Å². The molecule has 1 atom stereocenters. The molecule has 1 N–H and O–H groups in total. The minimum atomic E-state index is -5.08. The van der Waals surface area contributed by atoms with Crippen LogP contribution >= 0.6 is 0 Å². The average Bonchev–Trinajstić information content (AvgIpc) is 3.10. The molecule has 0 saturated carbocycles. The summed E-state index contributed by atoms with van der Waals surface area (Å²) < 4.78 is 48.7. The summed E-state index contributed by atoms with van der Waals surface area (Å²) >= 11 is 0. The molecule has 0 bridgehead atoms. The number of pyridine rings is 1. The minimum Gasteiger partial charge on any atom is -0.478 e. The number of alkyl halides is 3. The number of halogens is 3. The Balaban J connectivity index is 0.000000406. The van der Waals surface area contributed by atoms with Crippen molar-refractivity contribution in [2.24, 2.45) is 5.92 Å². The summed E-state index contributed by atoms with van der Waals surface area (Å²) in [6.07, 6.45) is -0.383. The molecule has 4 heterocycles. The van der Waals surface area contributed by atoms with E-state index in [2.05, 4.69) is 10.1 Å². The monoisotopic (exact) mass is 485 g/mol. The fraction of sp³-hybridized carbons (Fsp3) is 0.545. The first-order valence-electron chi connectivity index (χ1n) is 10.7. The summed E-state index contributed by atoms with van der Waals surface area (Å²) in [7, 11) is 0. The molecule has 2 aliphatic heterocycles. The van der Waals surface area contributed by atoms with Crippen LogP contribution < -0.4 is 4.74 Å². The topological polar surface area (TPSA) is 115 Å². The number of carbonyl (C=O) groups is 2. The third-order valence-electron chi connectivity index (χ3n) is 5.74. The third kappa shape index (κ3) is 6.25. The molecule has 0 aromatic carbocycles. The van der Waals surface area contributed by atoms with E-state index in [1.165, 1.54) is 0 Å². The van der Waals surface area contributed by atoms with Gasteiger partial charge in [0.15, 0.2) is 0 Å². The highest BCUT2D eigenvalue weighted by molar-refractivity contribution is 5.96. The summed E-state index contributed by atoms with van der Waals surface area (Å²) in [6, 6.07) is 5.67. The van der Waals surface area contributed by atoms with Gasteiger partial charge in [-0.15, -0.1) is 0 Å². The molecule has 2 aliphatic rings. The molecular formula is C22H26F3N3O6. The second kappa shape index (κ2) is 10.4. The second-order valence-corrected chi connectivity index (χ2v) is 8.36. The molecule has 1 spiro atoms. The van der Waals surface area contributed by atoms with E-state index in [1.807, 2.05) is 23.1 Å². The summed E-state index contributed by atoms with van der Waals surface area (Å²) in [5.74, 6) is -0.987. The van der Waals surface area contributed by atoms with Crippen molar-refractivity contribution in [1.29, 1.82) is 0 Å². The van der Waals surface area contributed by atoms with Crippen LogP contribution in [-0.4, -0.2) is 70.1 Å². The van der Waals surface area contributed by atoms with Crippen molar-refractivity contribution >= 4 is 11.9 Å². The first-order chi connectivity index (χ1) is 16.0. The molecule has 12 heteroatoms. The van der Waals surface area contributed by atoms with Gasteiger partial charge in [0.05, 0.1) is 25.4 Å². The molecule has 2 fully saturated rings. The SMILES string of the molecule is Cc1noc(C)c1C(=O)N1CC2(CC(CCOc3ccccn3)CCO2)C1.O=C(O)C(F)(F)F. The predicted octanol–water partition coefficient (Wildman–Crippen LogP) is 3.41. The van der Waals surface area contributed by atoms with Gasteiger partial charge in [-0.1, -0.05) is 11.2 Å². The first kappa shape index (κ1) is 25.5. The van der Waals surface area contributed by atoms with E-state index >= 15 is 0 Å². The normalized spacial score (nSPS) is 19.1. The van der Waals surface area contributed by atoms with Gasteiger partial charge in [-0.25, -0.2) is 9.78 Å². The Morgan fingerprint density at radius 1 is 1.29 bits per heavy atom. The van der Waals surface area contributed by atoms with Crippen LogP contribution in [-0.2, 0) is 9.53 Å². The maximum atomic E-state index is 12.7. The van der Waals surface area contributed by atoms with Crippen LogP contribution in [0.4, 0.5) is 13.2 Å². The van der Waals surface area contributed by atoms with Gasteiger partial charge in [-0.05, 0) is 45.1 Å². The molecule has 1 unspecified atom stereocenters. The van der Waals surface area contributed by atoms with Crippen LogP contribution in [0.5, 0.6) is 5.88 Å². The summed E-state index contributed by atoms with van der Waals surface area (Å²) in [6.45, 7) is 6.23. The fourth-order valence-electron chi connectivity index (χ4n) is 4.10. The third-order valence-corrected chi connectivity index (χ3v) is 5.74. The van der Waals surface area contributed by atoms with Gasteiger partial charge in [0, 0.05) is 18.9 Å². The molecule has 1 amide bonds. The maximum absolute atomic E-state index is 12.7. The smallest absolute Gasteiger partial charge is 0.478 e. The number of likely N-dealkylation sites (tertiary alicyclic amines) is 1. The highest BCUT2D eigenvalue weighted by atomic mass is 19.4. The highest BCUT2D eigenvalue weighted by Crippen LogP contribution is 2.39. The number of carboxylic acids is 1. The van der Waals surface area contributed by atoms with Crippen LogP contribution in [0.15, 0.2) is 28.9 Å². The lowest BCUT2D eigenvalue weighted by Crippen LogP contribution is -2.66. The van der Waals surface area contributed by atoms with Crippen molar-refractivity contribution in [3.63, 3.8) is 0 Å². The van der Waals surface area contributed by atoms with Crippen LogP contribution in [0, 0.1) is 19.8 Å². The number of amides is 1. The van der Waals surface area contributed by atoms with E-state index in [9.17, 15) is 18.0 Å². The van der Waals surface area contributed by atoms with Crippen molar-refractivity contribution in [2.75, 3.05) is 26.3 Å². The minimum absolute atomic E-state index is 0.0129. The zero-order chi connectivity index (χ0) is 24.9. The van der Waals surface area contributed by atoms with Crippen LogP contribution in [0.3, 0.4) is 0 Å². The number of nitrogens with zero attached hydrogens (tertiary/aromatic N) is 3. The molecule has 9 nitrogen and oxygen atoms in total. The van der Waals surface area contributed by atoms with E-state index in [4.69, 9.17) is 23.9 Å². The van der Waals surface area contributed by atoms with Crippen molar-refractivity contribution in [3.05, 3.63) is 41.4 Å². The standard InChI is InChI=1S/C20H25N3O4.C2HF3O2/c1-14-18(15(2)27-22-14)19(24)23-12-20(13-23)11-16(7-10-26-20)6-9-25-17-5-3-4-8-21-17;3-2(4,5)1(6)7/h3-5,8,16H,6-7,9-13H2,1-2H3;(H,6,7). The zero-order valence-corrected chi connectivity index (χ0v) is 18.8. The Morgan fingerprint density at radius 3 is 2.56 bits per heavy atom. The maximum Gasteiger partial charge on any atom is 0.490 e. The Labute approximate surface area is 193 Å². The first-order valence-corrected chi connectivity index (χ1v) is 10.7. The van der Waals surface area contributed by atoms with E-state index in [0.717, 1.165) is 25.9 Å². The molecule has 0 radical (unpaired) electrons. The molecular weight excluding hydrogens is 459 g/mol. The molecule has 186 valence electrons. The lowest BCUT2D eigenvalue weighted by Gasteiger charge is -2.53. The second-order valence-electron chi connectivity index (χ2n) is 8.36. The van der Waals surface area contributed by atoms with Crippen LogP contribution in [0.2, 0.25) is 0 Å². The van der Waals surface area contributed by atoms with Crippen LogP contribution in [0.25, 0.3) is 0 Å². The fourth-order valence-corrected chi connectivity index (χ4v) is 4.10. The molecule has 0 aliphatic carbocycles. The number of ether oxygens (including phenoxy) is 2. The Morgan fingerprint density at radius 2 is 2.00 bits per heavy atom. The number of hydrogen-bond donors (Lipinski definition) is 1. The average molecular weight is 485 g/mol. The van der Waals surface area contributed by atoms with Crippen LogP contribution in [0.1, 0.15) is 41.1 Å². The van der Waals surface area contributed by atoms with E-state index in [-0.39, 0.29) is 11.5 Å². The molecule has 34 heavy (non-hydrogen) atoms. The van der Waals surface area contributed by atoms with Crippen molar-refractivity contribution < 1.29 is 41.9 Å². The van der Waals surface area contributed by atoms with Gasteiger partial charge < -0.3 is 24.0 Å². The molecule has 4 rings (SSSR count). The highest BCUT2D eigenvalue weighted by Gasteiger charge is 2.49. The van der Waals surface area contributed by atoms with E-state index < -0.39 is 12.1 Å². The quantitative estimate of drug-likeness (QED) is 0.685. The van der Waals surface area contributed by atoms with Gasteiger partial charge in [-0.3, -0.25) is 4.79 Å². The lowest BCUT2D eigenvalue weighted by molar-refractivity contribution is -0.192. The van der Waals surface area contributed by atoms with Gasteiger partial charge in [0.2, 0.25) is 5.88 Å². The van der Waals surface area contributed by atoms with Gasteiger partial charge in [0.25, 0.3) is 5.91 Å². The van der Waals surface area contributed by atoms with Gasteiger partial charge in [0.1, 0.15) is 16.9 Å². The molecule has 2 aromatic rings. The van der Waals surface area contributed by atoms with Crippen molar-refractivity contribution in [1.82, 2.24) is 15.0 Å². The van der Waals surface area contributed by atoms with Gasteiger partial charge in [-0.2, -0.15) is 13.2 Å². The zero-order valence-electron chi connectivity index (χ0n) is 18.8. The number of aromatic nitrogens is 2. The van der Waals surface area contributed by atoms with Gasteiger partial charge >= 0.3 is 12.1 Å². The Kier molecular flexibility index (Phi) is 7.80. The van der Waals surface area contributed by atoms with E-state index in [1.54, 1.807) is 20.0 Å². The van der Waals surface area contributed by atoms with Crippen molar-refractivity contribution in [3.8, 4) is 5.88 Å².